The zero-order chi connectivity index (χ0) is 16.8. The van der Waals surface area contributed by atoms with Crippen LogP contribution in [0.25, 0.3) is 10.9 Å². The van der Waals surface area contributed by atoms with E-state index in [1.54, 1.807) is 6.20 Å². The number of ether oxygens (including phenoxy) is 1. The van der Waals surface area contributed by atoms with E-state index in [0.717, 1.165) is 29.6 Å². The summed E-state index contributed by atoms with van der Waals surface area (Å²) in [5, 5.41) is 9.33. The first-order valence-electron chi connectivity index (χ1n) is 8.62. The maximum Gasteiger partial charge on any atom is 0.242 e. The molecule has 0 saturated carbocycles. The number of fused-ring (bicyclic) bond motifs is 4. The van der Waals surface area contributed by atoms with Gasteiger partial charge < -0.3 is 14.2 Å². The average molecular weight is 337 g/mol. The quantitative estimate of drug-likeness (QED) is 0.712. The van der Waals surface area contributed by atoms with Gasteiger partial charge in [0.15, 0.2) is 0 Å². The standard InChI is InChI=1S/C18H19N5O2/c24-18(11-21-7-5-13-3-1-2-4-15(13)21)22-8-6-17-16(10-22)23-14(12-25-17)9-19-20-23/h1-5,7,9,16-17H,6,8,10-12H2/t16-,17+/m1/s1. The number of hydrogen-bond acceptors (Lipinski definition) is 4. The van der Waals surface area contributed by atoms with Gasteiger partial charge in [-0.05, 0) is 23.9 Å². The maximum absolute atomic E-state index is 12.9. The van der Waals surface area contributed by atoms with E-state index in [4.69, 9.17) is 4.74 Å². The third-order valence-electron chi connectivity index (χ3n) is 5.27. The highest BCUT2D eigenvalue weighted by Crippen LogP contribution is 2.30. The van der Waals surface area contributed by atoms with Gasteiger partial charge in [-0.15, -0.1) is 5.10 Å². The molecule has 2 atom stereocenters. The Kier molecular flexibility index (Phi) is 3.34. The first-order valence-corrected chi connectivity index (χ1v) is 8.62. The Balaban J connectivity index is 1.35. The zero-order valence-corrected chi connectivity index (χ0v) is 13.8. The first-order chi connectivity index (χ1) is 12.3. The number of aromatic nitrogens is 4. The molecular weight excluding hydrogens is 318 g/mol. The summed E-state index contributed by atoms with van der Waals surface area (Å²) in [6, 6.07) is 10.2. The second-order valence-corrected chi connectivity index (χ2v) is 6.72. The van der Waals surface area contributed by atoms with Crippen LogP contribution in [0.4, 0.5) is 0 Å². The Labute approximate surface area is 144 Å². The summed E-state index contributed by atoms with van der Waals surface area (Å²) in [5.74, 6) is 0.132. The van der Waals surface area contributed by atoms with Gasteiger partial charge in [-0.3, -0.25) is 4.79 Å². The van der Waals surface area contributed by atoms with Crippen molar-refractivity contribution in [2.75, 3.05) is 13.1 Å². The molecule has 7 nitrogen and oxygen atoms in total. The number of nitrogens with zero attached hydrogens (tertiary/aromatic N) is 5. The second kappa shape index (κ2) is 5.70. The van der Waals surface area contributed by atoms with Crippen molar-refractivity contribution in [1.82, 2.24) is 24.5 Å². The highest BCUT2D eigenvalue weighted by Gasteiger charge is 2.37. The minimum atomic E-state index is 0.0605. The molecule has 0 aliphatic carbocycles. The van der Waals surface area contributed by atoms with Gasteiger partial charge in [0.05, 0.1) is 30.6 Å². The molecule has 2 aromatic heterocycles. The lowest BCUT2D eigenvalue weighted by molar-refractivity contribution is -0.138. The highest BCUT2D eigenvalue weighted by atomic mass is 16.5. The summed E-state index contributed by atoms with van der Waals surface area (Å²) in [5.41, 5.74) is 2.07. The lowest BCUT2D eigenvalue weighted by atomic mass is 10.0. The summed E-state index contributed by atoms with van der Waals surface area (Å²) in [7, 11) is 0. The van der Waals surface area contributed by atoms with Crippen molar-refractivity contribution in [2.45, 2.75) is 31.7 Å². The van der Waals surface area contributed by atoms with Crippen LogP contribution < -0.4 is 0 Å². The van der Waals surface area contributed by atoms with Crippen LogP contribution in [0.3, 0.4) is 0 Å². The predicted octanol–water partition coefficient (Wildman–Crippen LogP) is 1.61. The Bertz CT molecular complexity index is 930. The number of hydrogen-bond donors (Lipinski definition) is 0. The Hall–Kier alpha value is -2.67. The number of piperidine rings is 1. The molecule has 2 aliphatic rings. The third-order valence-corrected chi connectivity index (χ3v) is 5.27. The van der Waals surface area contributed by atoms with Gasteiger partial charge in [0.1, 0.15) is 6.54 Å². The van der Waals surface area contributed by atoms with Crippen LogP contribution in [-0.4, -0.2) is 49.6 Å². The topological polar surface area (TPSA) is 65.2 Å². The molecule has 0 radical (unpaired) electrons. The molecule has 1 saturated heterocycles. The van der Waals surface area contributed by atoms with Crippen LogP contribution in [0.5, 0.6) is 0 Å². The molecular formula is C18H19N5O2. The Morgan fingerprint density at radius 2 is 2.20 bits per heavy atom. The fourth-order valence-electron chi connectivity index (χ4n) is 3.93. The van der Waals surface area contributed by atoms with E-state index >= 15 is 0 Å². The fraction of sp³-hybridized carbons (Fsp3) is 0.389. The van der Waals surface area contributed by atoms with E-state index in [0.29, 0.717) is 19.7 Å². The van der Waals surface area contributed by atoms with Gasteiger partial charge in [-0.25, -0.2) is 4.68 Å². The summed E-state index contributed by atoms with van der Waals surface area (Å²) in [6.45, 7) is 2.26. The molecule has 0 bridgehead atoms. The van der Waals surface area contributed by atoms with Crippen LogP contribution in [0, 0.1) is 0 Å². The highest BCUT2D eigenvalue weighted by molar-refractivity contribution is 5.83. The number of rotatable bonds is 2. The van der Waals surface area contributed by atoms with Crippen molar-refractivity contribution in [3.05, 3.63) is 48.4 Å². The van der Waals surface area contributed by atoms with Crippen molar-refractivity contribution in [3.8, 4) is 0 Å². The normalized spacial score (nSPS) is 22.6. The van der Waals surface area contributed by atoms with Gasteiger partial charge >= 0.3 is 0 Å². The van der Waals surface area contributed by atoms with Crippen LogP contribution in [0.2, 0.25) is 0 Å². The number of amides is 1. The Morgan fingerprint density at radius 1 is 1.28 bits per heavy atom. The SMILES string of the molecule is O=C(Cn1ccc2ccccc21)N1CC[C@@H]2OCc3cnnn3[C@@H]2C1. The monoisotopic (exact) mass is 337 g/mol. The van der Waals surface area contributed by atoms with E-state index in [2.05, 4.69) is 16.4 Å². The summed E-state index contributed by atoms with van der Waals surface area (Å²) >= 11 is 0. The smallest absolute Gasteiger partial charge is 0.242 e. The van der Waals surface area contributed by atoms with Crippen molar-refractivity contribution in [2.24, 2.45) is 0 Å². The van der Waals surface area contributed by atoms with Gasteiger partial charge in [-0.1, -0.05) is 23.4 Å². The van der Waals surface area contributed by atoms with E-state index in [1.807, 2.05) is 44.6 Å². The van der Waals surface area contributed by atoms with Crippen LogP contribution >= 0.6 is 0 Å². The molecule has 4 heterocycles. The number of benzene rings is 1. The molecule has 0 N–H and O–H groups in total. The second-order valence-electron chi connectivity index (χ2n) is 6.72. The number of carbonyl (C=O) groups is 1. The third kappa shape index (κ3) is 2.42. The van der Waals surface area contributed by atoms with Crippen LogP contribution in [0.15, 0.2) is 42.7 Å². The first kappa shape index (κ1) is 14.7. The van der Waals surface area contributed by atoms with Crippen LogP contribution in [0.1, 0.15) is 18.2 Å². The maximum atomic E-state index is 12.9. The van der Waals surface area contributed by atoms with E-state index in [-0.39, 0.29) is 18.1 Å². The van der Waals surface area contributed by atoms with Crippen molar-refractivity contribution in [1.29, 1.82) is 0 Å². The molecule has 0 spiro atoms. The minimum absolute atomic E-state index is 0.0605. The molecule has 5 rings (SSSR count). The van der Waals surface area contributed by atoms with Crippen molar-refractivity contribution < 1.29 is 9.53 Å². The lowest BCUT2D eigenvalue weighted by Gasteiger charge is -2.41. The molecule has 3 aromatic rings. The van der Waals surface area contributed by atoms with Gasteiger partial charge in [0, 0.05) is 24.8 Å². The van der Waals surface area contributed by atoms with Gasteiger partial charge in [-0.2, -0.15) is 0 Å². The summed E-state index contributed by atoms with van der Waals surface area (Å²) in [6.07, 6.45) is 4.67. The Morgan fingerprint density at radius 3 is 3.16 bits per heavy atom. The van der Waals surface area contributed by atoms with Crippen LogP contribution in [-0.2, 0) is 22.7 Å². The van der Waals surface area contributed by atoms with Gasteiger partial charge in [0.2, 0.25) is 5.91 Å². The lowest BCUT2D eigenvalue weighted by Crippen LogP contribution is -2.50. The number of para-hydroxylation sites is 1. The van der Waals surface area contributed by atoms with E-state index in [9.17, 15) is 4.79 Å². The number of carbonyl (C=O) groups excluding carboxylic acids is 1. The fourth-order valence-corrected chi connectivity index (χ4v) is 3.93. The number of likely N-dealkylation sites (tertiary alicyclic amines) is 1. The molecule has 25 heavy (non-hydrogen) atoms. The zero-order valence-electron chi connectivity index (χ0n) is 13.8. The van der Waals surface area contributed by atoms with Gasteiger partial charge in [0.25, 0.3) is 0 Å². The molecule has 1 fully saturated rings. The minimum Gasteiger partial charge on any atom is -0.370 e. The molecule has 0 unspecified atom stereocenters. The van der Waals surface area contributed by atoms with E-state index < -0.39 is 0 Å². The molecule has 2 aliphatic heterocycles. The summed E-state index contributed by atoms with van der Waals surface area (Å²) < 4.78 is 9.86. The predicted molar refractivity (Wildman–Crippen MR) is 90.8 cm³/mol. The molecule has 7 heteroatoms. The van der Waals surface area contributed by atoms with Crippen molar-refractivity contribution in [3.63, 3.8) is 0 Å². The largest absolute Gasteiger partial charge is 0.370 e. The molecule has 1 amide bonds. The molecule has 128 valence electrons. The summed E-state index contributed by atoms with van der Waals surface area (Å²) in [4.78, 5) is 14.8. The molecule has 1 aromatic carbocycles. The van der Waals surface area contributed by atoms with Crippen molar-refractivity contribution >= 4 is 16.8 Å². The average Bonchev–Trinajstić information content (AvgIpc) is 3.28. The van der Waals surface area contributed by atoms with E-state index in [1.165, 1.54) is 0 Å².